The van der Waals surface area contributed by atoms with Gasteiger partial charge in [0.25, 0.3) is 0 Å². The van der Waals surface area contributed by atoms with Crippen molar-refractivity contribution in [1.82, 2.24) is 19.2 Å². The number of likely N-dealkylation sites (tertiary alicyclic amines) is 1. The van der Waals surface area contributed by atoms with E-state index in [0.717, 1.165) is 41.7 Å². The lowest BCUT2D eigenvalue weighted by molar-refractivity contribution is 0.0301. The number of rotatable bonds is 6. The molecule has 3 aromatic rings. The fraction of sp³-hybridized carbons (Fsp3) is 0.519. The average molecular weight is 495 g/mol. The number of nitrogens with zero attached hydrogens (tertiary/aromatic N) is 4. The highest BCUT2D eigenvalue weighted by molar-refractivity contribution is 5.97. The molecule has 2 aliphatic rings. The smallest absolute Gasteiger partial charge is 0.343 e. The molecule has 4 heterocycles. The van der Waals surface area contributed by atoms with Gasteiger partial charge < -0.3 is 19.1 Å². The molecule has 0 aliphatic carbocycles. The van der Waals surface area contributed by atoms with Crippen LogP contribution in [0.15, 0.2) is 35.3 Å². The summed E-state index contributed by atoms with van der Waals surface area (Å²) in [4.78, 5) is 27.5. The number of fused-ring (bicyclic) bond motifs is 5. The Morgan fingerprint density at radius 3 is 2.78 bits per heavy atom. The van der Waals surface area contributed by atoms with Crippen LogP contribution in [0.2, 0.25) is 0 Å². The number of carbonyl (C=O) groups excluding carboxylic acids is 1. The van der Waals surface area contributed by atoms with Crippen molar-refractivity contribution in [3.8, 4) is 17.1 Å². The molecule has 0 bridgehead atoms. The maximum absolute atomic E-state index is 13.0. The Kier molecular flexibility index (Phi) is 6.38. The molecule has 0 radical (unpaired) electrons. The SMILES string of the molecule is CCOC(=O)c1cn2c(cc1=O)-c1c3cccc(OCCN4CCCC4O)c3nn1CC2C(C)(C)C. The van der Waals surface area contributed by atoms with E-state index in [1.165, 1.54) is 6.07 Å². The molecule has 1 aromatic carbocycles. The first-order chi connectivity index (χ1) is 17.2. The van der Waals surface area contributed by atoms with E-state index >= 15 is 0 Å². The summed E-state index contributed by atoms with van der Waals surface area (Å²) in [5.41, 5.74) is 1.79. The quantitative estimate of drug-likeness (QED) is 0.524. The fourth-order valence-corrected chi connectivity index (χ4v) is 5.29. The van der Waals surface area contributed by atoms with E-state index in [1.54, 1.807) is 13.1 Å². The van der Waals surface area contributed by atoms with Crippen LogP contribution in [0.3, 0.4) is 0 Å². The Morgan fingerprint density at radius 2 is 2.08 bits per heavy atom. The summed E-state index contributed by atoms with van der Waals surface area (Å²) < 4.78 is 15.3. The maximum atomic E-state index is 13.0. The van der Waals surface area contributed by atoms with Gasteiger partial charge in [0.2, 0.25) is 0 Å². The van der Waals surface area contributed by atoms with Crippen molar-refractivity contribution in [3.05, 3.63) is 46.2 Å². The molecule has 9 nitrogen and oxygen atoms in total. The number of ether oxygens (including phenoxy) is 2. The highest BCUT2D eigenvalue weighted by Gasteiger charge is 2.35. The number of aromatic nitrogens is 3. The predicted octanol–water partition coefficient (Wildman–Crippen LogP) is 3.44. The van der Waals surface area contributed by atoms with Crippen LogP contribution in [0.5, 0.6) is 5.75 Å². The summed E-state index contributed by atoms with van der Waals surface area (Å²) in [7, 11) is 0. The second-order valence-corrected chi connectivity index (χ2v) is 10.6. The minimum absolute atomic E-state index is 0.0379. The third-order valence-corrected chi connectivity index (χ3v) is 7.20. The van der Waals surface area contributed by atoms with Gasteiger partial charge in [-0.3, -0.25) is 14.4 Å². The minimum atomic E-state index is -0.604. The molecule has 1 N–H and O–H groups in total. The Bertz CT molecular complexity index is 1350. The number of carbonyl (C=O) groups is 1. The van der Waals surface area contributed by atoms with E-state index in [-0.39, 0.29) is 29.1 Å². The molecule has 0 amide bonds. The molecule has 2 aliphatic heterocycles. The zero-order chi connectivity index (χ0) is 25.6. The van der Waals surface area contributed by atoms with Crippen molar-refractivity contribution in [2.75, 3.05) is 26.3 Å². The lowest BCUT2D eigenvalue weighted by atomic mass is 9.85. The molecule has 1 saturated heterocycles. The summed E-state index contributed by atoms with van der Waals surface area (Å²) in [6.07, 6.45) is 3.05. The van der Waals surface area contributed by atoms with Gasteiger partial charge in [0.05, 0.1) is 30.6 Å². The fourth-order valence-electron chi connectivity index (χ4n) is 5.29. The van der Waals surface area contributed by atoms with Crippen LogP contribution in [0.4, 0.5) is 0 Å². The highest BCUT2D eigenvalue weighted by Crippen LogP contribution is 2.43. The van der Waals surface area contributed by atoms with Gasteiger partial charge in [-0.2, -0.15) is 5.10 Å². The van der Waals surface area contributed by atoms with E-state index in [9.17, 15) is 14.7 Å². The van der Waals surface area contributed by atoms with Gasteiger partial charge in [-0.15, -0.1) is 0 Å². The van der Waals surface area contributed by atoms with Crippen molar-refractivity contribution in [2.45, 2.75) is 59.4 Å². The van der Waals surface area contributed by atoms with Crippen LogP contribution >= 0.6 is 0 Å². The molecular formula is C27H34N4O5. The summed E-state index contributed by atoms with van der Waals surface area (Å²) >= 11 is 0. The third-order valence-electron chi connectivity index (χ3n) is 7.20. The molecule has 0 saturated carbocycles. The van der Waals surface area contributed by atoms with Gasteiger partial charge >= 0.3 is 5.97 Å². The van der Waals surface area contributed by atoms with Gasteiger partial charge in [-0.05, 0) is 31.2 Å². The number of hydrogen-bond donors (Lipinski definition) is 1. The minimum Gasteiger partial charge on any atom is -0.490 e. The van der Waals surface area contributed by atoms with E-state index in [4.69, 9.17) is 14.6 Å². The van der Waals surface area contributed by atoms with Crippen molar-refractivity contribution in [2.24, 2.45) is 5.41 Å². The van der Waals surface area contributed by atoms with Crippen molar-refractivity contribution in [3.63, 3.8) is 0 Å². The molecule has 2 unspecified atom stereocenters. The Morgan fingerprint density at radius 1 is 1.28 bits per heavy atom. The van der Waals surface area contributed by atoms with Gasteiger partial charge in [0, 0.05) is 30.7 Å². The largest absolute Gasteiger partial charge is 0.490 e. The topological polar surface area (TPSA) is 98.8 Å². The monoisotopic (exact) mass is 494 g/mol. The van der Waals surface area contributed by atoms with Crippen LogP contribution in [-0.2, 0) is 11.3 Å². The van der Waals surface area contributed by atoms with Crippen molar-refractivity contribution < 1.29 is 19.4 Å². The Balaban J connectivity index is 1.56. The maximum Gasteiger partial charge on any atom is 0.343 e. The molecule has 1 fully saturated rings. The van der Waals surface area contributed by atoms with Gasteiger partial charge in [-0.1, -0.05) is 32.9 Å². The first-order valence-corrected chi connectivity index (χ1v) is 12.7. The lowest BCUT2D eigenvalue weighted by Gasteiger charge is -2.38. The summed E-state index contributed by atoms with van der Waals surface area (Å²) in [5, 5.41) is 15.9. The van der Waals surface area contributed by atoms with Crippen LogP contribution < -0.4 is 10.2 Å². The summed E-state index contributed by atoms with van der Waals surface area (Å²) in [6, 6.07) is 7.30. The second kappa shape index (κ2) is 9.37. The van der Waals surface area contributed by atoms with Crippen LogP contribution in [-0.4, -0.2) is 62.9 Å². The highest BCUT2D eigenvalue weighted by atomic mass is 16.5. The van der Waals surface area contributed by atoms with Gasteiger partial charge in [0.1, 0.15) is 29.7 Å². The third kappa shape index (κ3) is 4.30. The average Bonchev–Trinajstić information content (AvgIpc) is 3.41. The van der Waals surface area contributed by atoms with Gasteiger partial charge in [0.15, 0.2) is 5.43 Å². The first-order valence-electron chi connectivity index (χ1n) is 12.7. The lowest BCUT2D eigenvalue weighted by Crippen LogP contribution is -2.35. The zero-order valence-electron chi connectivity index (χ0n) is 21.4. The molecule has 0 spiro atoms. The second-order valence-electron chi connectivity index (χ2n) is 10.6. The standard InChI is InChI=1S/C27H34N4O5/c1-5-35-26(34)18-15-30-19(14-20(18)32)25-17-8-6-9-21(36-13-12-29-11-7-10-23(29)33)24(17)28-31(25)16-22(30)27(2,3)4/h6,8-9,14-15,22-23,33H,5,7,10-13,16H2,1-4H3. The number of pyridine rings is 1. The number of benzene rings is 1. The van der Waals surface area contributed by atoms with E-state index in [2.05, 4.69) is 20.8 Å². The van der Waals surface area contributed by atoms with E-state index in [0.29, 0.717) is 25.4 Å². The van der Waals surface area contributed by atoms with Crippen LogP contribution in [0.1, 0.15) is 56.9 Å². The number of esters is 1. The number of hydrogen-bond acceptors (Lipinski definition) is 7. The van der Waals surface area contributed by atoms with E-state index < -0.39 is 12.2 Å². The summed E-state index contributed by atoms with van der Waals surface area (Å²) in [5.74, 6) is 0.0700. The number of aliphatic hydroxyl groups excluding tert-OH is 1. The van der Waals surface area contributed by atoms with E-state index in [1.807, 2.05) is 32.3 Å². The van der Waals surface area contributed by atoms with Crippen molar-refractivity contribution in [1.29, 1.82) is 0 Å². The van der Waals surface area contributed by atoms with Gasteiger partial charge in [-0.25, -0.2) is 4.79 Å². The molecule has 5 rings (SSSR count). The van der Waals surface area contributed by atoms with Crippen molar-refractivity contribution >= 4 is 16.9 Å². The molecule has 9 heteroatoms. The Labute approximate surface area is 210 Å². The van der Waals surface area contributed by atoms with Crippen LogP contribution in [0.25, 0.3) is 22.3 Å². The molecular weight excluding hydrogens is 460 g/mol. The zero-order valence-corrected chi connectivity index (χ0v) is 21.4. The number of aliphatic hydroxyl groups is 1. The molecule has 36 heavy (non-hydrogen) atoms. The molecule has 2 atom stereocenters. The Hall–Kier alpha value is -3.17. The predicted molar refractivity (Wildman–Crippen MR) is 136 cm³/mol. The first kappa shape index (κ1) is 24.5. The molecule has 192 valence electrons. The van der Waals surface area contributed by atoms with Crippen LogP contribution in [0, 0.1) is 5.41 Å². The normalized spacial score (nSPS) is 19.8. The summed E-state index contributed by atoms with van der Waals surface area (Å²) in [6.45, 7) is 10.9. The molecule has 2 aromatic heterocycles.